The van der Waals surface area contributed by atoms with Gasteiger partial charge in [0.15, 0.2) is 17.5 Å². The summed E-state index contributed by atoms with van der Waals surface area (Å²) in [7, 11) is 0. The molecule has 0 bridgehead atoms. The standard InChI is InChI=1S/C17H9F3N4O/c18-12-5-6-14(16(20)15(12)19)23-9-11(8-22)17(25)24-13-4-2-1-3-10(13)7-21/h1-6,9,23H,(H,24,25)/b11-9-. The number of nitriles is 2. The molecule has 2 rings (SSSR count). The zero-order valence-electron chi connectivity index (χ0n) is 12.5. The summed E-state index contributed by atoms with van der Waals surface area (Å²) in [5, 5.41) is 22.6. The fourth-order valence-corrected chi connectivity index (χ4v) is 1.82. The third-order valence-electron chi connectivity index (χ3n) is 3.07. The average molecular weight is 342 g/mol. The molecule has 0 saturated heterocycles. The molecule has 0 aliphatic carbocycles. The molecular weight excluding hydrogens is 333 g/mol. The van der Waals surface area contributed by atoms with Gasteiger partial charge in [-0.1, -0.05) is 12.1 Å². The lowest BCUT2D eigenvalue weighted by Crippen LogP contribution is -2.15. The Balaban J connectivity index is 2.21. The van der Waals surface area contributed by atoms with Crippen LogP contribution in [0.25, 0.3) is 0 Å². The highest BCUT2D eigenvalue weighted by molar-refractivity contribution is 6.07. The van der Waals surface area contributed by atoms with Gasteiger partial charge in [0.2, 0.25) is 0 Å². The molecule has 0 atom stereocenters. The number of para-hydroxylation sites is 1. The van der Waals surface area contributed by atoms with Crippen LogP contribution in [0.5, 0.6) is 0 Å². The van der Waals surface area contributed by atoms with E-state index in [0.29, 0.717) is 6.07 Å². The highest BCUT2D eigenvalue weighted by Crippen LogP contribution is 2.20. The minimum atomic E-state index is -1.68. The molecule has 0 heterocycles. The molecule has 0 aromatic heterocycles. The number of benzene rings is 2. The lowest BCUT2D eigenvalue weighted by atomic mass is 10.2. The Morgan fingerprint density at radius 2 is 1.72 bits per heavy atom. The van der Waals surface area contributed by atoms with E-state index in [0.717, 1.165) is 12.3 Å². The normalized spacial score (nSPS) is 10.5. The summed E-state index contributed by atoms with van der Waals surface area (Å²) in [5.74, 6) is -5.38. The van der Waals surface area contributed by atoms with Crippen LogP contribution in [0.4, 0.5) is 24.5 Å². The van der Waals surface area contributed by atoms with Gasteiger partial charge in [-0.05, 0) is 24.3 Å². The first-order chi connectivity index (χ1) is 12.0. The summed E-state index contributed by atoms with van der Waals surface area (Å²) >= 11 is 0. The first-order valence-corrected chi connectivity index (χ1v) is 6.78. The number of rotatable bonds is 4. The van der Waals surface area contributed by atoms with E-state index in [9.17, 15) is 18.0 Å². The second-order valence-electron chi connectivity index (χ2n) is 4.65. The van der Waals surface area contributed by atoms with Gasteiger partial charge in [0.05, 0.1) is 16.9 Å². The Labute approximate surface area is 140 Å². The van der Waals surface area contributed by atoms with Gasteiger partial charge >= 0.3 is 0 Å². The van der Waals surface area contributed by atoms with Crippen LogP contribution in [-0.2, 0) is 4.79 Å². The fraction of sp³-hybridized carbons (Fsp3) is 0. The summed E-state index contributed by atoms with van der Waals surface area (Å²) in [5.41, 5.74) is -0.531. The van der Waals surface area contributed by atoms with Crippen LogP contribution in [0.3, 0.4) is 0 Å². The minimum absolute atomic E-state index is 0.188. The molecule has 0 saturated carbocycles. The molecule has 5 nitrogen and oxygen atoms in total. The number of anilines is 2. The van der Waals surface area contributed by atoms with Crippen molar-refractivity contribution in [3.63, 3.8) is 0 Å². The van der Waals surface area contributed by atoms with Gasteiger partial charge in [-0.2, -0.15) is 10.5 Å². The molecule has 0 aliphatic heterocycles. The molecule has 8 heteroatoms. The average Bonchev–Trinajstić information content (AvgIpc) is 2.62. The molecule has 0 aliphatic rings. The minimum Gasteiger partial charge on any atom is -0.358 e. The molecule has 0 spiro atoms. The quantitative estimate of drug-likeness (QED) is 0.506. The van der Waals surface area contributed by atoms with Crippen molar-refractivity contribution in [3.8, 4) is 12.1 Å². The van der Waals surface area contributed by atoms with Crippen molar-refractivity contribution in [1.82, 2.24) is 0 Å². The van der Waals surface area contributed by atoms with E-state index in [1.807, 2.05) is 6.07 Å². The predicted molar refractivity (Wildman–Crippen MR) is 83.4 cm³/mol. The maximum atomic E-state index is 13.5. The zero-order chi connectivity index (χ0) is 18.4. The summed E-state index contributed by atoms with van der Waals surface area (Å²) in [6.45, 7) is 0. The van der Waals surface area contributed by atoms with Gasteiger partial charge in [-0.3, -0.25) is 4.79 Å². The van der Waals surface area contributed by atoms with E-state index in [-0.39, 0.29) is 11.3 Å². The molecule has 0 radical (unpaired) electrons. The Hall–Kier alpha value is -3.78. The van der Waals surface area contributed by atoms with E-state index >= 15 is 0 Å². The van der Waals surface area contributed by atoms with Crippen LogP contribution in [0.1, 0.15) is 5.56 Å². The van der Waals surface area contributed by atoms with E-state index in [1.165, 1.54) is 12.1 Å². The lowest BCUT2D eigenvalue weighted by molar-refractivity contribution is -0.112. The maximum absolute atomic E-state index is 13.5. The van der Waals surface area contributed by atoms with Gasteiger partial charge in [0, 0.05) is 6.20 Å². The molecule has 2 aromatic rings. The second-order valence-corrected chi connectivity index (χ2v) is 4.65. The smallest absolute Gasteiger partial charge is 0.267 e. The zero-order valence-corrected chi connectivity index (χ0v) is 12.5. The highest BCUT2D eigenvalue weighted by Gasteiger charge is 2.14. The van der Waals surface area contributed by atoms with Crippen LogP contribution < -0.4 is 10.6 Å². The SMILES string of the molecule is N#C/C(=C/Nc1ccc(F)c(F)c1F)C(=O)Nc1ccccc1C#N. The Kier molecular flexibility index (Phi) is 5.39. The summed E-state index contributed by atoms with van der Waals surface area (Å²) in [4.78, 5) is 12.1. The maximum Gasteiger partial charge on any atom is 0.267 e. The topological polar surface area (TPSA) is 88.7 Å². The molecule has 124 valence electrons. The number of nitrogens with zero attached hydrogens (tertiary/aromatic N) is 2. The largest absolute Gasteiger partial charge is 0.358 e. The van der Waals surface area contributed by atoms with Crippen LogP contribution in [0, 0.1) is 40.1 Å². The predicted octanol–water partition coefficient (Wildman–Crippen LogP) is 3.43. The van der Waals surface area contributed by atoms with Crippen LogP contribution in [0.15, 0.2) is 48.2 Å². The molecule has 2 aromatic carbocycles. The first-order valence-electron chi connectivity index (χ1n) is 6.78. The summed E-state index contributed by atoms with van der Waals surface area (Å²) in [6.07, 6.45) is 0.847. The van der Waals surface area contributed by atoms with Crippen molar-refractivity contribution in [2.75, 3.05) is 10.6 Å². The van der Waals surface area contributed by atoms with E-state index in [4.69, 9.17) is 10.5 Å². The molecule has 0 fully saturated rings. The van der Waals surface area contributed by atoms with Crippen molar-refractivity contribution in [3.05, 3.63) is 71.2 Å². The Morgan fingerprint density at radius 3 is 2.40 bits per heavy atom. The van der Waals surface area contributed by atoms with Crippen LogP contribution in [-0.4, -0.2) is 5.91 Å². The number of amides is 1. The second kappa shape index (κ2) is 7.66. The number of hydrogen-bond acceptors (Lipinski definition) is 4. The van der Waals surface area contributed by atoms with Crippen molar-refractivity contribution in [2.24, 2.45) is 0 Å². The first kappa shape index (κ1) is 17.6. The monoisotopic (exact) mass is 342 g/mol. The molecule has 1 amide bonds. The number of nitrogens with one attached hydrogen (secondary N) is 2. The lowest BCUT2D eigenvalue weighted by Gasteiger charge is -2.07. The van der Waals surface area contributed by atoms with Crippen molar-refractivity contribution < 1.29 is 18.0 Å². The van der Waals surface area contributed by atoms with Crippen molar-refractivity contribution in [2.45, 2.75) is 0 Å². The van der Waals surface area contributed by atoms with Crippen LogP contribution >= 0.6 is 0 Å². The molecule has 0 unspecified atom stereocenters. The summed E-state index contributed by atoms with van der Waals surface area (Å²) in [6, 6.07) is 11.2. The van der Waals surface area contributed by atoms with Gasteiger partial charge in [0.25, 0.3) is 5.91 Å². The van der Waals surface area contributed by atoms with Gasteiger partial charge in [-0.15, -0.1) is 0 Å². The van der Waals surface area contributed by atoms with Gasteiger partial charge in [-0.25, -0.2) is 13.2 Å². The third-order valence-corrected chi connectivity index (χ3v) is 3.07. The van der Waals surface area contributed by atoms with E-state index in [2.05, 4.69) is 10.6 Å². The van der Waals surface area contributed by atoms with Crippen molar-refractivity contribution >= 4 is 17.3 Å². The van der Waals surface area contributed by atoms with Gasteiger partial charge < -0.3 is 10.6 Å². The number of halogens is 3. The Bertz CT molecular complexity index is 942. The van der Waals surface area contributed by atoms with E-state index < -0.39 is 34.6 Å². The van der Waals surface area contributed by atoms with Crippen molar-refractivity contribution in [1.29, 1.82) is 10.5 Å². The molecule has 2 N–H and O–H groups in total. The fourth-order valence-electron chi connectivity index (χ4n) is 1.82. The number of carbonyl (C=O) groups excluding carboxylic acids is 1. The number of hydrogen-bond donors (Lipinski definition) is 2. The van der Waals surface area contributed by atoms with E-state index in [1.54, 1.807) is 18.2 Å². The molecular formula is C17H9F3N4O. The Morgan fingerprint density at radius 1 is 1.00 bits per heavy atom. The third kappa shape index (κ3) is 3.95. The summed E-state index contributed by atoms with van der Waals surface area (Å²) < 4.78 is 39.5. The van der Waals surface area contributed by atoms with Crippen LogP contribution in [0.2, 0.25) is 0 Å². The highest BCUT2D eigenvalue weighted by atomic mass is 19.2. The van der Waals surface area contributed by atoms with Gasteiger partial charge in [0.1, 0.15) is 17.7 Å². The molecule has 25 heavy (non-hydrogen) atoms. The number of carbonyl (C=O) groups is 1.